The molecule has 1 amide bonds. The van der Waals surface area contributed by atoms with Gasteiger partial charge in [0, 0.05) is 33.8 Å². The van der Waals surface area contributed by atoms with Crippen LogP contribution in [0, 0.1) is 0 Å². The first-order chi connectivity index (χ1) is 16.8. The van der Waals surface area contributed by atoms with Crippen LogP contribution in [0.4, 0.5) is 0 Å². The highest BCUT2D eigenvalue weighted by atomic mass is 28.3. The van der Waals surface area contributed by atoms with E-state index in [1.165, 1.54) is 0 Å². The molecule has 0 aliphatic carbocycles. The number of carbonyl (C=O) groups is 4. The molecular weight excluding hydrogens is 492 g/mol. The second-order valence-electron chi connectivity index (χ2n) is 12.3. The lowest BCUT2D eigenvalue weighted by molar-refractivity contribution is -0.152. The second kappa shape index (κ2) is 11.4. The third-order valence-electron chi connectivity index (χ3n) is 6.75. The number of benzene rings is 1. The van der Waals surface area contributed by atoms with E-state index >= 15 is 0 Å². The molecule has 0 bridgehead atoms. The van der Waals surface area contributed by atoms with E-state index in [1.54, 1.807) is 23.1 Å². The summed E-state index contributed by atoms with van der Waals surface area (Å²) in [4.78, 5) is 52.2. The second-order valence-corrected chi connectivity index (χ2v) is 23.5. The summed E-state index contributed by atoms with van der Waals surface area (Å²) in [6.07, 6.45) is 1.64. The summed E-state index contributed by atoms with van der Waals surface area (Å²) in [6, 6.07) is 4.86. The van der Waals surface area contributed by atoms with Crippen LogP contribution in [0.2, 0.25) is 51.4 Å². The van der Waals surface area contributed by atoms with Gasteiger partial charge in [-0.3, -0.25) is 24.5 Å². The van der Waals surface area contributed by atoms with Gasteiger partial charge in [-0.15, -0.1) is 0 Å². The lowest BCUT2D eigenvalue weighted by atomic mass is 9.92. The zero-order chi connectivity index (χ0) is 26.7. The van der Waals surface area contributed by atoms with Crippen molar-refractivity contribution in [3.63, 3.8) is 0 Å². The summed E-state index contributed by atoms with van der Waals surface area (Å²) in [6.45, 7) is 14.3. The number of amides is 1. The Morgan fingerprint density at radius 1 is 1.00 bits per heavy atom. The van der Waals surface area contributed by atoms with Crippen LogP contribution in [0.5, 0.6) is 0 Å². The summed E-state index contributed by atoms with van der Waals surface area (Å²) >= 11 is 0. The Bertz CT molecular complexity index is 1000. The average molecular weight is 533 g/mol. The maximum atomic E-state index is 13.3. The first-order valence-electron chi connectivity index (χ1n) is 12.8. The SMILES string of the molecule is C[Si](C)(C)CCOC(=O)C1CCC(N2Cc3ccc(C=O)cc3C2=O)C(C(=O)OCC[Si](C)(C)C)N1. The zero-order valence-corrected chi connectivity index (χ0v) is 24.4. The maximum Gasteiger partial charge on any atom is 0.325 e. The van der Waals surface area contributed by atoms with Gasteiger partial charge in [0.1, 0.15) is 18.4 Å². The number of ether oxygens (including phenoxy) is 2. The van der Waals surface area contributed by atoms with Crippen molar-refractivity contribution in [3.8, 4) is 0 Å². The van der Waals surface area contributed by atoms with Crippen LogP contribution in [0.25, 0.3) is 0 Å². The van der Waals surface area contributed by atoms with E-state index in [1.807, 2.05) is 0 Å². The maximum absolute atomic E-state index is 13.3. The van der Waals surface area contributed by atoms with Gasteiger partial charge >= 0.3 is 11.9 Å². The van der Waals surface area contributed by atoms with Crippen molar-refractivity contribution in [2.75, 3.05) is 13.2 Å². The van der Waals surface area contributed by atoms with Crippen LogP contribution >= 0.6 is 0 Å². The fourth-order valence-electron chi connectivity index (χ4n) is 4.45. The van der Waals surface area contributed by atoms with Gasteiger partial charge < -0.3 is 14.4 Å². The van der Waals surface area contributed by atoms with Crippen molar-refractivity contribution in [3.05, 3.63) is 34.9 Å². The van der Waals surface area contributed by atoms with E-state index in [2.05, 4.69) is 44.6 Å². The predicted octanol–water partition coefficient (Wildman–Crippen LogP) is 3.71. The molecule has 0 saturated carbocycles. The third kappa shape index (κ3) is 7.36. The Morgan fingerprint density at radius 3 is 2.19 bits per heavy atom. The van der Waals surface area contributed by atoms with E-state index in [0.29, 0.717) is 43.7 Å². The highest BCUT2D eigenvalue weighted by molar-refractivity contribution is 6.76. The first-order valence-corrected chi connectivity index (χ1v) is 20.2. The Kier molecular flexibility index (Phi) is 8.94. The fourth-order valence-corrected chi connectivity index (χ4v) is 5.88. The van der Waals surface area contributed by atoms with Crippen LogP contribution in [0.3, 0.4) is 0 Å². The Balaban J connectivity index is 1.74. The van der Waals surface area contributed by atoms with Crippen LogP contribution in [0.15, 0.2) is 18.2 Å². The van der Waals surface area contributed by atoms with E-state index in [9.17, 15) is 19.2 Å². The predicted molar refractivity (Wildman–Crippen MR) is 144 cm³/mol. The lowest BCUT2D eigenvalue weighted by Gasteiger charge is -2.39. The molecule has 0 spiro atoms. The van der Waals surface area contributed by atoms with Crippen LogP contribution in [-0.4, -0.2) is 76.5 Å². The summed E-state index contributed by atoms with van der Waals surface area (Å²) < 4.78 is 11.2. The molecule has 1 aromatic carbocycles. The fraction of sp³-hybridized carbons (Fsp3) is 0.615. The van der Waals surface area contributed by atoms with Crippen molar-refractivity contribution in [2.24, 2.45) is 0 Å². The van der Waals surface area contributed by atoms with E-state index in [-0.39, 0.29) is 11.9 Å². The van der Waals surface area contributed by atoms with Crippen LogP contribution < -0.4 is 5.32 Å². The molecule has 0 aromatic heterocycles. The molecule has 2 aliphatic rings. The highest BCUT2D eigenvalue weighted by Crippen LogP contribution is 2.31. The minimum absolute atomic E-state index is 0.212. The van der Waals surface area contributed by atoms with Crippen molar-refractivity contribution < 1.29 is 28.7 Å². The molecule has 0 radical (unpaired) electrons. The van der Waals surface area contributed by atoms with E-state index < -0.39 is 40.2 Å². The number of nitrogens with zero attached hydrogens (tertiary/aromatic N) is 1. The van der Waals surface area contributed by atoms with Crippen molar-refractivity contribution in [1.82, 2.24) is 10.2 Å². The van der Waals surface area contributed by atoms with Crippen molar-refractivity contribution >= 4 is 40.3 Å². The number of esters is 2. The number of carbonyl (C=O) groups excluding carboxylic acids is 4. The molecule has 3 rings (SSSR count). The molecule has 2 aliphatic heterocycles. The van der Waals surface area contributed by atoms with E-state index in [0.717, 1.165) is 23.9 Å². The number of aldehydes is 1. The largest absolute Gasteiger partial charge is 0.465 e. The van der Waals surface area contributed by atoms with Gasteiger partial charge in [-0.05, 0) is 36.6 Å². The standard InChI is InChI=1S/C26H40N2O6Si2/c1-35(2,3)13-11-33-25(31)21-9-10-22(23(27-21)26(32)34-12-14-36(4,5)6)28-16-19-8-7-18(17-29)15-20(19)24(28)30/h7-8,15,17,21-23,27H,9-14,16H2,1-6H3. The average Bonchev–Trinajstić information content (AvgIpc) is 3.12. The summed E-state index contributed by atoms with van der Waals surface area (Å²) in [5.41, 5.74) is 1.75. The summed E-state index contributed by atoms with van der Waals surface area (Å²) in [5, 5.41) is 3.17. The van der Waals surface area contributed by atoms with Crippen molar-refractivity contribution in [2.45, 2.75) is 88.9 Å². The lowest BCUT2D eigenvalue weighted by Crippen LogP contribution is -2.62. The number of hydrogen-bond donors (Lipinski definition) is 1. The van der Waals surface area contributed by atoms with E-state index in [4.69, 9.17) is 9.47 Å². The van der Waals surface area contributed by atoms with Gasteiger partial charge in [-0.25, -0.2) is 0 Å². The molecular formula is C26H40N2O6Si2. The number of fused-ring (bicyclic) bond motifs is 1. The molecule has 36 heavy (non-hydrogen) atoms. The molecule has 198 valence electrons. The Hall–Kier alpha value is -2.31. The molecule has 8 nitrogen and oxygen atoms in total. The smallest absolute Gasteiger partial charge is 0.325 e. The molecule has 3 atom stereocenters. The third-order valence-corrected chi connectivity index (χ3v) is 10.2. The molecule has 1 saturated heterocycles. The Labute approximate surface area is 216 Å². The number of piperidine rings is 1. The molecule has 10 heteroatoms. The first kappa shape index (κ1) is 28.3. The number of hydrogen-bond acceptors (Lipinski definition) is 7. The van der Waals surface area contributed by atoms with Crippen LogP contribution in [0.1, 0.15) is 39.1 Å². The van der Waals surface area contributed by atoms with Gasteiger partial charge in [0.05, 0.1) is 19.3 Å². The summed E-state index contributed by atoms with van der Waals surface area (Å²) in [7, 11) is -2.75. The Morgan fingerprint density at radius 2 is 1.61 bits per heavy atom. The van der Waals surface area contributed by atoms with Gasteiger partial charge in [-0.2, -0.15) is 0 Å². The van der Waals surface area contributed by atoms with Gasteiger partial charge in [0.25, 0.3) is 5.91 Å². The molecule has 2 heterocycles. The van der Waals surface area contributed by atoms with Gasteiger partial charge in [0.2, 0.25) is 0 Å². The minimum atomic E-state index is -1.40. The zero-order valence-electron chi connectivity index (χ0n) is 22.4. The molecule has 3 unspecified atom stereocenters. The van der Waals surface area contributed by atoms with Gasteiger partial charge in [-0.1, -0.05) is 51.4 Å². The topological polar surface area (TPSA) is 102 Å². The molecule has 1 fully saturated rings. The number of rotatable bonds is 10. The van der Waals surface area contributed by atoms with Crippen molar-refractivity contribution in [1.29, 1.82) is 0 Å². The van der Waals surface area contributed by atoms with Crippen LogP contribution in [-0.2, 0) is 25.6 Å². The normalized spacial score (nSPS) is 22.2. The highest BCUT2D eigenvalue weighted by Gasteiger charge is 2.45. The monoisotopic (exact) mass is 532 g/mol. The molecule has 1 aromatic rings. The summed E-state index contributed by atoms with van der Waals surface area (Å²) in [5.74, 6) is -1.02. The molecule has 1 N–H and O–H groups in total. The van der Waals surface area contributed by atoms with Gasteiger partial charge in [0.15, 0.2) is 0 Å². The quantitative estimate of drug-likeness (QED) is 0.278. The number of nitrogens with one attached hydrogen (secondary N) is 1. The minimum Gasteiger partial charge on any atom is -0.465 e.